The zero-order valence-corrected chi connectivity index (χ0v) is 19.8. The Morgan fingerprint density at radius 2 is 1.76 bits per heavy atom. The topological polar surface area (TPSA) is 49.4 Å². The van der Waals surface area contributed by atoms with Crippen LogP contribution >= 0.6 is 39.1 Å². The van der Waals surface area contributed by atoms with Crippen LogP contribution in [0, 0.1) is 5.92 Å². The SMILES string of the molecule is CC(C)CNC(=O)C(C)N(Cc1cccc(Br)c1)C(=O)Cc1ccc(Cl)c(Cl)c1. The predicted molar refractivity (Wildman–Crippen MR) is 122 cm³/mol. The van der Waals surface area contributed by atoms with Crippen molar-refractivity contribution in [2.75, 3.05) is 6.54 Å². The Balaban J connectivity index is 2.23. The number of nitrogens with one attached hydrogen (secondary N) is 1. The van der Waals surface area contributed by atoms with Crippen LogP contribution in [-0.4, -0.2) is 29.3 Å². The molecule has 0 aliphatic rings. The number of nitrogens with zero attached hydrogens (tertiary/aromatic N) is 1. The van der Waals surface area contributed by atoms with E-state index in [2.05, 4.69) is 21.2 Å². The summed E-state index contributed by atoms with van der Waals surface area (Å²) in [7, 11) is 0. The Kier molecular flexibility index (Phi) is 9.00. The summed E-state index contributed by atoms with van der Waals surface area (Å²) < 4.78 is 0.920. The quantitative estimate of drug-likeness (QED) is 0.522. The zero-order valence-electron chi connectivity index (χ0n) is 16.7. The van der Waals surface area contributed by atoms with Crippen molar-refractivity contribution in [3.63, 3.8) is 0 Å². The molecule has 0 aromatic heterocycles. The summed E-state index contributed by atoms with van der Waals surface area (Å²) in [6.45, 7) is 6.70. The Morgan fingerprint density at radius 1 is 1.03 bits per heavy atom. The normalized spacial score (nSPS) is 12.0. The van der Waals surface area contributed by atoms with Crippen molar-refractivity contribution in [3.05, 3.63) is 68.1 Å². The highest BCUT2D eigenvalue weighted by atomic mass is 79.9. The molecule has 1 atom stereocenters. The maximum atomic E-state index is 13.1. The minimum atomic E-state index is -0.608. The highest BCUT2D eigenvalue weighted by molar-refractivity contribution is 9.10. The number of hydrogen-bond donors (Lipinski definition) is 1. The van der Waals surface area contributed by atoms with Crippen LogP contribution < -0.4 is 5.32 Å². The minimum absolute atomic E-state index is 0.132. The number of rotatable bonds is 8. The Labute approximate surface area is 190 Å². The van der Waals surface area contributed by atoms with E-state index in [1.54, 1.807) is 30.0 Å². The second-order valence-electron chi connectivity index (χ2n) is 7.39. The van der Waals surface area contributed by atoms with Gasteiger partial charge in [-0.15, -0.1) is 0 Å². The van der Waals surface area contributed by atoms with Gasteiger partial charge in [-0.2, -0.15) is 0 Å². The van der Waals surface area contributed by atoms with Crippen LogP contribution in [0.3, 0.4) is 0 Å². The third-order valence-corrected chi connectivity index (χ3v) is 5.67. The van der Waals surface area contributed by atoms with Gasteiger partial charge in [0.1, 0.15) is 6.04 Å². The van der Waals surface area contributed by atoms with Gasteiger partial charge in [0.25, 0.3) is 0 Å². The number of benzene rings is 2. The van der Waals surface area contributed by atoms with Gasteiger partial charge in [-0.25, -0.2) is 0 Å². The molecule has 0 aliphatic carbocycles. The first kappa shape index (κ1) is 23.7. The molecule has 29 heavy (non-hydrogen) atoms. The molecule has 0 saturated carbocycles. The van der Waals surface area contributed by atoms with Gasteiger partial charge >= 0.3 is 0 Å². The number of carbonyl (C=O) groups excluding carboxylic acids is 2. The lowest BCUT2D eigenvalue weighted by molar-refractivity contribution is -0.140. The zero-order chi connectivity index (χ0) is 21.6. The molecule has 2 amide bonds. The molecule has 0 heterocycles. The summed E-state index contributed by atoms with van der Waals surface area (Å²) in [6, 6.07) is 12.2. The summed E-state index contributed by atoms with van der Waals surface area (Å²) in [5, 5.41) is 3.76. The van der Waals surface area contributed by atoms with Gasteiger partial charge in [-0.05, 0) is 48.2 Å². The fourth-order valence-corrected chi connectivity index (χ4v) is 3.56. The monoisotopic (exact) mass is 498 g/mol. The van der Waals surface area contributed by atoms with E-state index in [0.29, 0.717) is 29.1 Å². The van der Waals surface area contributed by atoms with E-state index in [1.165, 1.54) is 0 Å². The van der Waals surface area contributed by atoms with Crippen molar-refractivity contribution >= 4 is 50.9 Å². The highest BCUT2D eigenvalue weighted by Gasteiger charge is 2.26. The third kappa shape index (κ3) is 7.32. The molecule has 0 fully saturated rings. The molecular weight excluding hydrogens is 475 g/mol. The summed E-state index contributed by atoms with van der Waals surface area (Å²) in [6.07, 6.45) is 0.132. The fraction of sp³-hybridized carbons (Fsp3) is 0.364. The molecule has 7 heteroatoms. The lowest BCUT2D eigenvalue weighted by Crippen LogP contribution is -2.48. The van der Waals surface area contributed by atoms with Crippen molar-refractivity contribution in [2.24, 2.45) is 5.92 Å². The first-order valence-corrected chi connectivity index (χ1v) is 11.0. The van der Waals surface area contributed by atoms with E-state index in [9.17, 15) is 9.59 Å². The largest absolute Gasteiger partial charge is 0.354 e. The Bertz CT molecular complexity index is 874. The molecule has 0 spiro atoms. The third-order valence-electron chi connectivity index (χ3n) is 4.43. The first-order chi connectivity index (χ1) is 13.7. The molecule has 2 aromatic carbocycles. The molecule has 4 nitrogen and oxygen atoms in total. The van der Waals surface area contributed by atoms with Gasteiger partial charge in [0.05, 0.1) is 16.5 Å². The van der Waals surface area contributed by atoms with E-state index in [1.807, 2.05) is 38.1 Å². The second kappa shape index (κ2) is 11.0. The van der Waals surface area contributed by atoms with Gasteiger partial charge in [-0.1, -0.05) is 71.2 Å². The van der Waals surface area contributed by atoms with Crippen LogP contribution in [0.15, 0.2) is 46.9 Å². The molecule has 0 bridgehead atoms. The van der Waals surface area contributed by atoms with Crippen LogP contribution in [-0.2, 0) is 22.6 Å². The average molecular weight is 500 g/mol. The lowest BCUT2D eigenvalue weighted by Gasteiger charge is -2.29. The van der Waals surface area contributed by atoms with Gasteiger partial charge < -0.3 is 10.2 Å². The van der Waals surface area contributed by atoms with Crippen LogP contribution in [0.25, 0.3) is 0 Å². The van der Waals surface area contributed by atoms with Gasteiger partial charge in [0.2, 0.25) is 11.8 Å². The standard InChI is InChI=1S/C22H25BrCl2N2O2/c1-14(2)12-26-22(29)15(3)27(13-17-5-4-6-18(23)9-17)21(28)11-16-7-8-19(24)20(25)10-16/h4-10,14-15H,11-13H2,1-3H3,(H,26,29). The smallest absolute Gasteiger partial charge is 0.242 e. The molecule has 0 radical (unpaired) electrons. The van der Waals surface area contributed by atoms with E-state index < -0.39 is 6.04 Å². The second-order valence-corrected chi connectivity index (χ2v) is 9.12. The number of carbonyl (C=O) groups is 2. The molecular formula is C22H25BrCl2N2O2. The van der Waals surface area contributed by atoms with Crippen LogP contribution in [0.1, 0.15) is 31.9 Å². The maximum Gasteiger partial charge on any atom is 0.242 e. The lowest BCUT2D eigenvalue weighted by atomic mass is 10.1. The Hall–Kier alpha value is -1.56. The van der Waals surface area contributed by atoms with Crippen molar-refractivity contribution in [2.45, 2.75) is 39.8 Å². The molecule has 0 saturated heterocycles. The Morgan fingerprint density at radius 3 is 2.38 bits per heavy atom. The number of amides is 2. The van der Waals surface area contributed by atoms with E-state index in [4.69, 9.17) is 23.2 Å². The predicted octanol–water partition coefficient (Wildman–Crippen LogP) is 5.49. The average Bonchev–Trinajstić information content (AvgIpc) is 2.66. The first-order valence-electron chi connectivity index (χ1n) is 9.43. The summed E-state index contributed by atoms with van der Waals surface area (Å²) in [4.78, 5) is 27.4. The fourth-order valence-electron chi connectivity index (χ4n) is 2.79. The summed E-state index contributed by atoms with van der Waals surface area (Å²) >= 11 is 15.5. The molecule has 0 aliphatic heterocycles. The minimum Gasteiger partial charge on any atom is -0.354 e. The maximum absolute atomic E-state index is 13.1. The van der Waals surface area contributed by atoms with Gasteiger partial charge in [-0.3, -0.25) is 9.59 Å². The molecule has 1 unspecified atom stereocenters. The number of hydrogen-bond acceptors (Lipinski definition) is 2. The van der Waals surface area contributed by atoms with E-state index in [-0.39, 0.29) is 18.2 Å². The van der Waals surface area contributed by atoms with Crippen molar-refractivity contribution in [1.82, 2.24) is 10.2 Å². The molecule has 2 aromatic rings. The molecule has 156 valence electrons. The van der Waals surface area contributed by atoms with E-state index >= 15 is 0 Å². The van der Waals surface area contributed by atoms with Gasteiger partial charge in [0.15, 0.2) is 0 Å². The van der Waals surface area contributed by atoms with Crippen molar-refractivity contribution in [3.8, 4) is 0 Å². The van der Waals surface area contributed by atoms with Gasteiger partial charge in [0, 0.05) is 17.6 Å². The summed E-state index contributed by atoms with van der Waals surface area (Å²) in [5.74, 6) is 0.00309. The van der Waals surface area contributed by atoms with Crippen molar-refractivity contribution in [1.29, 1.82) is 0 Å². The van der Waals surface area contributed by atoms with Crippen LogP contribution in [0.5, 0.6) is 0 Å². The highest BCUT2D eigenvalue weighted by Crippen LogP contribution is 2.23. The molecule has 2 rings (SSSR count). The van der Waals surface area contributed by atoms with Crippen LogP contribution in [0.2, 0.25) is 10.0 Å². The summed E-state index contributed by atoms with van der Waals surface area (Å²) in [5.41, 5.74) is 1.68. The van der Waals surface area contributed by atoms with E-state index in [0.717, 1.165) is 15.6 Å². The molecule has 1 N–H and O–H groups in total. The van der Waals surface area contributed by atoms with Crippen molar-refractivity contribution < 1.29 is 9.59 Å². The number of halogens is 3. The van der Waals surface area contributed by atoms with Crippen LogP contribution in [0.4, 0.5) is 0 Å².